The number of rotatable bonds is 2. The van der Waals surface area contributed by atoms with Crippen LogP contribution in [0.25, 0.3) is 0 Å². The molecule has 66 valence electrons. The molecular weight excluding hydrogens is 285 g/mol. The van der Waals surface area contributed by atoms with Gasteiger partial charge in [0, 0.05) is 15.3 Å². The van der Waals surface area contributed by atoms with Gasteiger partial charge in [0.1, 0.15) is 0 Å². The highest BCUT2D eigenvalue weighted by Crippen LogP contribution is 2.05. The van der Waals surface area contributed by atoms with Gasteiger partial charge in [-0.3, -0.25) is 4.79 Å². The highest BCUT2D eigenvalue weighted by molar-refractivity contribution is 14.1. The van der Waals surface area contributed by atoms with Gasteiger partial charge in [0.15, 0.2) is 0 Å². The van der Waals surface area contributed by atoms with Gasteiger partial charge < -0.3 is 4.57 Å². The van der Waals surface area contributed by atoms with E-state index in [1.54, 1.807) is 16.3 Å². The number of pyridine rings is 1. The molecule has 1 aromatic heterocycles. The molecule has 12 heavy (non-hydrogen) atoms. The molecule has 0 amide bonds. The third kappa shape index (κ3) is 2.26. The van der Waals surface area contributed by atoms with Crippen molar-refractivity contribution in [3.8, 4) is 0 Å². The van der Waals surface area contributed by atoms with Crippen molar-refractivity contribution in [2.24, 2.45) is 0 Å². The van der Waals surface area contributed by atoms with E-state index < -0.39 is 0 Å². The number of aromatic nitrogens is 1. The second-order valence-corrected chi connectivity index (χ2v) is 4.62. The van der Waals surface area contributed by atoms with E-state index in [2.05, 4.69) is 22.6 Å². The molecular formula is C8H10INOS. The Kier molecular flexibility index (Phi) is 3.64. The summed E-state index contributed by atoms with van der Waals surface area (Å²) in [5.41, 5.74) is 0.931. The van der Waals surface area contributed by atoms with Crippen LogP contribution >= 0.6 is 34.4 Å². The molecule has 0 aliphatic carbocycles. The van der Waals surface area contributed by atoms with Crippen LogP contribution in [0.15, 0.2) is 17.1 Å². The third-order valence-electron chi connectivity index (χ3n) is 1.50. The zero-order valence-electron chi connectivity index (χ0n) is 7.00. The van der Waals surface area contributed by atoms with Crippen molar-refractivity contribution in [1.29, 1.82) is 0 Å². The fourth-order valence-corrected chi connectivity index (χ4v) is 2.25. The molecule has 0 saturated heterocycles. The minimum absolute atomic E-state index is 0.116. The maximum atomic E-state index is 11.5. The van der Waals surface area contributed by atoms with E-state index in [0.29, 0.717) is 0 Å². The monoisotopic (exact) mass is 295 g/mol. The summed E-state index contributed by atoms with van der Waals surface area (Å²) in [5.74, 6) is 0.733. The zero-order valence-corrected chi connectivity index (χ0v) is 9.98. The summed E-state index contributed by atoms with van der Waals surface area (Å²) in [6.45, 7) is 1.85. The molecule has 0 unspecified atom stereocenters. The quantitative estimate of drug-likeness (QED) is 0.779. The van der Waals surface area contributed by atoms with Gasteiger partial charge in [-0.15, -0.1) is 11.8 Å². The highest BCUT2D eigenvalue weighted by atomic mass is 127. The smallest absolute Gasteiger partial charge is 0.254 e. The van der Waals surface area contributed by atoms with E-state index in [-0.39, 0.29) is 5.56 Å². The normalized spacial score (nSPS) is 10.2. The Balaban J connectivity index is 3.19. The van der Waals surface area contributed by atoms with Gasteiger partial charge in [-0.25, -0.2) is 0 Å². The highest BCUT2D eigenvalue weighted by Gasteiger charge is 1.99. The minimum Gasteiger partial charge on any atom is -0.305 e. The third-order valence-corrected chi connectivity index (χ3v) is 2.63. The van der Waals surface area contributed by atoms with Crippen LogP contribution in [-0.2, 0) is 5.88 Å². The Morgan fingerprint density at radius 3 is 2.92 bits per heavy atom. The summed E-state index contributed by atoms with van der Waals surface area (Å²) in [6.07, 6.45) is 3.87. The molecule has 0 atom stereocenters. The van der Waals surface area contributed by atoms with Crippen LogP contribution in [0.1, 0.15) is 5.56 Å². The fourth-order valence-electron chi connectivity index (χ4n) is 0.975. The Morgan fingerprint density at radius 1 is 1.67 bits per heavy atom. The first-order chi connectivity index (χ1) is 5.65. The van der Waals surface area contributed by atoms with Crippen molar-refractivity contribution in [2.75, 3.05) is 6.26 Å². The lowest BCUT2D eigenvalue weighted by atomic mass is 10.3. The molecule has 0 aliphatic rings. The Morgan fingerprint density at radius 2 is 2.33 bits per heavy atom. The zero-order chi connectivity index (χ0) is 9.14. The second-order valence-electron chi connectivity index (χ2n) is 2.53. The van der Waals surface area contributed by atoms with Gasteiger partial charge in [0.25, 0.3) is 5.56 Å². The van der Waals surface area contributed by atoms with E-state index in [4.69, 9.17) is 0 Å². The number of hydrogen-bond donors (Lipinski definition) is 0. The molecule has 1 aromatic rings. The minimum atomic E-state index is 0.116. The van der Waals surface area contributed by atoms with Crippen LogP contribution in [0.3, 0.4) is 0 Å². The summed E-state index contributed by atoms with van der Waals surface area (Å²) in [5, 5.41) is 0. The van der Waals surface area contributed by atoms with Crippen molar-refractivity contribution < 1.29 is 0 Å². The van der Waals surface area contributed by atoms with Crippen molar-refractivity contribution in [3.63, 3.8) is 0 Å². The average molecular weight is 295 g/mol. The number of thioether (sulfide) groups is 1. The molecule has 0 bridgehead atoms. The van der Waals surface area contributed by atoms with Crippen molar-refractivity contribution >= 4 is 34.4 Å². The molecule has 0 aliphatic heterocycles. The van der Waals surface area contributed by atoms with E-state index >= 15 is 0 Å². The summed E-state index contributed by atoms with van der Waals surface area (Å²) < 4.78 is 2.85. The molecule has 0 fully saturated rings. The number of halogens is 1. The standard InChI is InChI=1S/C8H10INOS/c1-6-3-7(9)4-10(5-12-2)8(6)11/h3-4H,5H2,1-2H3. The molecule has 0 radical (unpaired) electrons. The van der Waals surface area contributed by atoms with Crippen LogP contribution < -0.4 is 5.56 Å². The van der Waals surface area contributed by atoms with Crippen LogP contribution in [0, 0.1) is 10.5 Å². The Bertz CT molecular complexity index is 334. The van der Waals surface area contributed by atoms with Crippen LogP contribution in [-0.4, -0.2) is 10.8 Å². The molecule has 1 heterocycles. The molecule has 1 rings (SSSR count). The summed E-state index contributed by atoms with van der Waals surface area (Å²) in [7, 11) is 0. The molecule has 0 saturated carbocycles. The summed E-state index contributed by atoms with van der Waals surface area (Å²) in [6, 6.07) is 1.90. The van der Waals surface area contributed by atoms with Gasteiger partial charge in [-0.1, -0.05) is 0 Å². The SMILES string of the molecule is CSCn1cc(I)cc(C)c1=O. The van der Waals surface area contributed by atoms with Gasteiger partial charge >= 0.3 is 0 Å². The largest absolute Gasteiger partial charge is 0.305 e. The maximum Gasteiger partial charge on any atom is 0.254 e. The maximum absolute atomic E-state index is 11.5. The first-order valence-corrected chi connectivity index (χ1v) is 5.98. The predicted molar refractivity (Wildman–Crippen MR) is 61.7 cm³/mol. The van der Waals surface area contributed by atoms with E-state index in [0.717, 1.165) is 15.0 Å². The number of aryl methyl sites for hydroxylation is 1. The van der Waals surface area contributed by atoms with E-state index in [1.807, 2.05) is 25.4 Å². The lowest BCUT2D eigenvalue weighted by Gasteiger charge is -2.04. The molecule has 0 N–H and O–H groups in total. The fraction of sp³-hybridized carbons (Fsp3) is 0.375. The summed E-state index contributed by atoms with van der Waals surface area (Å²) >= 11 is 3.86. The Hall–Kier alpha value is 0.0300. The van der Waals surface area contributed by atoms with Gasteiger partial charge in [-0.05, 0) is 41.8 Å². The first-order valence-electron chi connectivity index (χ1n) is 3.50. The number of nitrogens with zero attached hydrogens (tertiary/aromatic N) is 1. The lowest BCUT2D eigenvalue weighted by molar-refractivity contribution is 0.825. The molecule has 4 heteroatoms. The van der Waals surface area contributed by atoms with Gasteiger partial charge in [-0.2, -0.15) is 0 Å². The van der Waals surface area contributed by atoms with Crippen LogP contribution in [0.4, 0.5) is 0 Å². The van der Waals surface area contributed by atoms with E-state index in [1.165, 1.54) is 0 Å². The topological polar surface area (TPSA) is 22.0 Å². The average Bonchev–Trinajstić information content (AvgIpc) is 2.00. The van der Waals surface area contributed by atoms with Crippen molar-refractivity contribution in [1.82, 2.24) is 4.57 Å². The van der Waals surface area contributed by atoms with Crippen LogP contribution in [0.2, 0.25) is 0 Å². The first kappa shape index (κ1) is 10.1. The van der Waals surface area contributed by atoms with Gasteiger partial charge in [0.05, 0.1) is 5.88 Å². The van der Waals surface area contributed by atoms with Crippen molar-refractivity contribution in [3.05, 3.63) is 31.8 Å². The van der Waals surface area contributed by atoms with Crippen molar-refractivity contribution in [2.45, 2.75) is 12.8 Å². The predicted octanol–water partition coefficient (Wildman–Crippen LogP) is 2.08. The molecule has 2 nitrogen and oxygen atoms in total. The van der Waals surface area contributed by atoms with Gasteiger partial charge in [0.2, 0.25) is 0 Å². The molecule has 0 spiro atoms. The second kappa shape index (κ2) is 4.32. The molecule has 0 aromatic carbocycles. The summed E-state index contributed by atoms with van der Waals surface area (Å²) in [4.78, 5) is 11.5. The number of hydrogen-bond acceptors (Lipinski definition) is 2. The van der Waals surface area contributed by atoms with Crippen LogP contribution in [0.5, 0.6) is 0 Å². The Labute approximate surface area is 89.5 Å². The lowest BCUT2D eigenvalue weighted by Crippen LogP contribution is -2.20. The van der Waals surface area contributed by atoms with E-state index in [9.17, 15) is 4.79 Å².